The maximum atomic E-state index is 12.7. The second kappa shape index (κ2) is 5.73. The molecule has 2 rings (SSSR count). The quantitative estimate of drug-likeness (QED) is 0.763. The van der Waals surface area contributed by atoms with Crippen molar-refractivity contribution in [3.63, 3.8) is 0 Å². The van der Waals surface area contributed by atoms with E-state index in [-0.39, 0.29) is 5.82 Å². The topological polar surface area (TPSA) is 17.1 Å². The van der Waals surface area contributed by atoms with Crippen LogP contribution in [0.4, 0.5) is 4.39 Å². The highest BCUT2D eigenvalue weighted by Gasteiger charge is 2.05. The first-order valence-electron chi connectivity index (χ1n) is 5.03. The lowest BCUT2D eigenvalue weighted by Gasteiger charge is -2.03. The van der Waals surface area contributed by atoms with Crippen molar-refractivity contribution in [1.29, 1.82) is 0 Å². The third kappa shape index (κ3) is 3.61. The molecule has 0 spiro atoms. The van der Waals surface area contributed by atoms with Crippen molar-refractivity contribution in [2.24, 2.45) is 0 Å². The van der Waals surface area contributed by atoms with E-state index in [2.05, 4.69) is 22.6 Å². The molecule has 0 aliphatic heterocycles. The van der Waals surface area contributed by atoms with Crippen molar-refractivity contribution in [3.05, 3.63) is 63.5 Å². The molecule has 0 aliphatic rings. The Kier molecular flexibility index (Phi) is 4.28. The number of rotatable bonds is 3. The Bertz CT molecular complexity index is 522. The summed E-state index contributed by atoms with van der Waals surface area (Å²) in [7, 11) is -1.08. The van der Waals surface area contributed by atoms with E-state index in [1.165, 1.54) is 12.1 Å². The Morgan fingerprint density at radius 3 is 2.18 bits per heavy atom. The van der Waals surface area contributed by atoms with Crippen LogP contribution >= 0.6 is 22.6 Å². The summed E-state index contributed by atoms with van der Waals surface area (Å²) in [6.07, 6.45) is 0. The standard InChI is InChI=1S/C13H10FIOS/c14-11-3-1-10(2-4-11)9-17(16)13-7-5-12(15)6-8-13/h1-8H,9H2. The molecule has 1 nitrogen and oxygen atoms in total. The zero-order valence-corrected chi connectivity index (χ0v) is 11.9. The van der Waals surface area contributed by atoms with Gasteiger partial charge in [-0.05, 0) is 64.6 Å². The molecule has 4 heteroatoms. The molecule has 0 amide bonds. The molecule has 17 heavy (non-hydrogen) atoms. The fourth-order valence-corrected chi connectivity index (χ4v) is 2.86. The van der Waals surface area contributed by atoms with E-state index in [9.17, 15) is 8.60 Å². The SMILES string of the molecule is O=S(Cc1ccc(F)cc1)c1ccc(I)cc1. The smallest absolute Gasteiger partial charge is 0.123 e. The van der Waals surface area contributed by atoms with Crippen LogP contribution in [-0.4, -0.2) is 4.21 Å². The predicted octanol–water partition coefficient (Wildman–Crippen LogP) is 3.74. The van der Waals surface area contributed by atoms with Crippen LogP contribution in [0.15, 0.2) is 53.4 Å². The van der Waals surface area contributed by atoms with Crippen molar-refractivity contribution in [3.8, 4) is 0 Å². The van der Waals surface area contributed by atoms with Gasteiger partial charge in [-0.15, -0.1) is 0 Å². The Balaban J connectivity index is 2.11. The second-order valence-electron chi connectivity index (χ2n) is 3.57. The molecule has 1 unspecified atom stereocenters. The Morgan fingerprint density at radius 1 is 1.00 bits per heavy atom. The molecule has 0 bridgehead atoms. The van der Waals surface area contributed by atoms with E-state index in [0.717, 1.165) is 14.0 Å². The van der Waals surface area contributed by atoms with E-state index in [1.807, 2.05) is 24.3 Å². The van der Waals surface area contributed by atoms with Gasteiger partial charge in [0.2, 0.25) is 0 Å². The zero-order chi connectivity index (χ0) is 12.3. The van der Waals surface area contributed by atoms with Crippen LogP contribution in [0.1, 0.15) is 5.56 Å². The lowest BCUT2D eigenvalue weighted by atomic mass is 10.2. The van der Waals surface area contributed by atoms with Crippen LogP contribution in [0.25, 0.3) is 0 Å². The maximum absolute atomic E-state index is 12.7. The fraction of sp³-hybridized carbons (Fsp3) is 0.0769. The maximum Gasteiger partial charge on any atom is 0.123 e. The van der Waals surface area contributed by atoms with E-state index < -0.39 is 10.8 Å². The lowest BCUT2D eigenvalue weighted by Crippen LogP contribution is -1.96. The molecule has 0 heterocycles. The third-order valence-corrected chi connectivity index (χ3v) is 4.40. The number of hydrogen-bond donors (Lipinski definition) is 0. The minimum Gasteiger partial charge on any atom is -0.254 e. The van der Waals surface area contributed by atoms with Gasteiger partial charge in [0.25, 0.3) is 0 Å². The summed E-state index contributed by atoms with van der Waals surface area (Å²) in [6, 6.07) is 13.7. The minimum absolute atomic E-state index is 0.270. The summed E-state index contributed by atoms with van der Waals surface area (Å²) < 4.78 is 25.9. The molecular formula is C13H10FIOS. The molecule has 0 saturated carbocycles. The second-order valence-corrected chi connectivity index (χ2v) is 6.27. The third-order valence-electron chi connectivity index (χ3n) is 2.29. The molecule has 0 radical (unpaired) electrons. The van der Waals surface area contributed by atoms with Gasteiger partial charge in [0.05, 0.1) is 16.6 Å². The molecule has 1 atom stereocenters. The average Bonchev–Trinajstić information content (AvgIpc) is 2.33. The van der Waals surface area contributed by atoms with Gasteiger partial charge >= 0.3 is 0 Å². The largest absolute Gasteiger partial charge is 0.254 e. The average molecular weight is 360 g/mol. The van der Waals surface area contributed by atoms with Crippen LogP contribution < -0.4 is 0 Å². The highest BCUT2D eigenvalue weighted by Crippen LogP contribution is 2.14. The van der Waals surface area contributed by atoms with Gasteiger partial charge in [-0.1, -0.05) is 12.1 Å². The molecule has 0 aromatic heterocycles. The van der Waals surface area contributed by atoms with Crippen molar-refractivity contribution in [1.82, 2.24) is 0 Å². The summed E-state index contributed by atoms with van der Waals surface area (Å²) in [5, 5.41) is 0. The van der Waals surface area contributed by atoms with Crippen LogP contribution in [0.2, 0.25) is 0 Å². The van der Waals surface area contributed by atoms with Gasteiger partial charge in [0.1, 0.15) is 5.82 Å². The molecule has 0 saturated heterocycles. The van der Waals surface area contributed by atoms with Crippen molar-refractivity contribution in [2.45, 2.75) is 10.6 Å². The number of halogens is 2. The minimum atomic E-state index is -1.08. The monoisotopic (exact) mass is 360 g/mol. The van der Waals surface area contributed by atoms with Gasteiger partial charge in [0.15, 0.2) is 0 Å². The van der Waals surface area contributed by atoms with Gasteiger partial charge in [-0.2, -0.15) is 0 Å². The van der Waals surface area contributed by atoms with Crippen LogP contribution in [0.3, 0.4) is 0 Å². The molecule has 0 aliphatic carbocycles. The summed E-state index contributed by atoms with van der Waals surface area (Å²) >= 11 is 2.21. The number of hydrogen-bond acceptors (Lipinski definition) is 1. The van der Waals surface area contributed by atoms with Crippen molar-refractivity contribution in [2.75, 3.05) is 0 Å². The van der Waals surface area contributed by atoms with Gasteiger partial charge in [-0.3, -0.25) is 4.21 Å². The van der Waals surface area contributed by atoms with Gasteiger partial charge in [-0.25, -0.2) is 4.39 Å². The summed E-state index contributed by atoms with van der Waals surface area (Å²) in [4.78, 5) is 0.801. The molecule has 2 aromatic carbocycles. The zero-order valence-electron chi connectivity index (χ0n) is 8.90. The Hall–Kier alpha value is -0.750. The van der Waals surface area contributed by atoms with Gasteiger partial charge in [0, 0.05) is 8.47 Å². The normalized spacial score (nSPS) is 12.4. The van der Waals surface area contributed by atoms with E-state index in [1.54, 1.807) is 12.1 Å². The van der Waals surface area contributed by atoms with Crippen LogP contribution in [-0.2, 0) is 16.6 Å². The van der Waals surface area contributed by atoms with Crippen LogP contribution in [0, 0.1) is 9.39 Å². The van der Waals surface area contributed by atoms with Crippen molar-refractivity contribution < 1.29 is 8.60 Å². The van der Waals surface area contributed by atoms with Crippen LogP contribution in [0.5, 0.6) is 0 Å². The lowest BCUT2D eigenvalue weighted by molar-refractivity contribution is 0.627. The van der Waals surface area contributed by atoms with Gasteiger partial charge < -0.3 is 0 Å². The highest BCUT2D eigenvalue weighted by atomic mass is 127. The first kappa shape index (κ1) is 12.7. The van der Waals surface area contributed by atoms with Crippen molar-refractivity contribution >= 4 is 33.4 Å². The Morgan fingerprint density at radius 2 is 1.59 bits per heavy atom. The molecule has 88 valence electrons. The summed E-state index contributed by atoms with van der Waals surface area (Å²) in [6.45, 7) is 0. The van der Waals surface area contributed by atoms with E-state index in [4.69, 9.17) is 0 Å². The molecule has 2 aromatic rings. The summed E-state index contributed by atoms with van der Waals surface area (Å²) in [5.74, 6) is 0.148. The highest BCUT2D eigenvalue weighted by molar-refractivity contribution is 14.1. The predicted molar refractivity (Wildman–Crippen MR) is 75.7 cm³/mol. The fourth-order valence-electron chi connectivity index (χ4n) is 1.40. The molecular weight excluding hydrogens is 350 g/mol. The van der Waals surface area contributed by atoms with E-state index >= 15 is 0 Å². The number of benzene rings is 2. The summed E-state index contributed by atoms with van der Waals surface area (Å²) in [5.41, 5.74) is 0.878. The first-order valence-corrected chi connectivity index (χ1v) is 7.43. The van der Waals surface area contributed by atoms with E-state index in [0.29, 0.717) is 5.75 Å². The Labute approximate surface area is 116 Å². The molecule has 0 fully saturated rings. The first-order chi connectivity index (χ1) is 8.15. The molecule has 0 N–H and O–H groups in total.